The summed E-state index contributed by atoms with van der Waals surface area (Å²) >= 11 is 0. The molecular formula is C18H21NO5S. The fourth-order valence-corrected chi connectivity index (χ4v) is 3.75. The molecule has 2 rings (SSSR count). The fraction of sp³-hybridized carbons (Fsp3) is 0.278. The molecule has 0 unspecified atom stereocenters. The molecule has 0 amide bonds. The van der Waals surface area contributed by atoms with E-state index in [2.05, 4.69) is 0 Å². The number of para-hydroxylation sites is 1. The van der Waals surface area contributed by atoms with E-state index in [-0.39, 0.29) is 24.5 Å². The molecule has 0 atom stereocenters. The molecule has 0 spiro atoms. The van der Waals surface area contributed by atoms with Crippen molar-refractivity contribution in [3.05, 3.63) is 54.6 Å². The van der Waals surface area contributed by atoms with Crippen LogP contribution in [-0.2, 0) is 19.6 Å². The molecule has 0 radical (unpaired) electrons. The van der Waals surface area contributed by atoms with Crippen LogP contribution in [0.15, 0.2) is 59.5 Å². The van der Waals surface area contributed by atoms with Gasteiger partial charge in [-0.15, -0.1) is 0 Å². The highest BCUT2D eigenvalue weighted by Crippen LogP contribution is 2.25. The first-order valence-corrected chi connectivity index (χ1v) is 9.30. The number of carbonyl (C=O) groups is 1. The van der Waals surface area contributed by atoms with Crippen LogP contribution in [0.5, 0.6) is 5.75 Å². The Morgan fingerprint density at radius 3 is 2.24 bits per heavy atom. The third-order valence-corrected chi connectivity index (χ3v) is 5.36. The van der Waals surface area contributed by atoms with Crippen LogP contribution in [0.4, 0.5) is 5.69 Å². The number of carbonyl (C=O) groups excluding carboxylic acids is 1. The van der Waals surface area contributed by atoms with Gasteiger partial charge < -0.3 is 9.47 Å². The van der Waals surface area contributed by atoms with E-state index >= 15 is 0 Å². The predicted molar refractivity (Wildman–Crippen MR) is 95.2 cm³/mol. The molecule has 0 bridgehead atoms. The zero-order valence-electron chi connectivity index (χ0n) is 14.2. The molecule has 0 aliphatic carbocycles. The molecule has 0 saturated heterocycles. The summed E-state index contributed by atoms with van der Waals surface area (Å²) in [5.41, 5.74) is 0.489. The van der Waals surface area contributed by atoms with E-state index < -0.39 is 16.0 Å². The van der Waals surface area contributed by atoms with Crippen molar-refractivity contribution in [1.82, 2.24) is 0 Å². The highest BCUT2D eigenvalue weighted by Gasteiger charge is 2.25. The maximum absolute atomic E-state index is 13.0. The SMILES string of the molecule is CCOC(=O)CCN(c1ccccc1)S(=O)(=O)c1ccc(OC)cc1. The summed E-state index contributed by atoms with van der Waals surface area (Å²) in [6, 6.07) is 14.8. The van der Waals surface area contributed by atoms with Gasteiger partial charge in [-0.05, 0) is 43.3 Å². The summed E-state index contributed by atoms with van der Waals surface area (Å²) < 4.78 is 37.2. The fourth-order valence-electron chi connectivity index (χ4n) is 2.28. The number of esters is 1. The van der Waals surface area contributed by atoms with Crippen molar-refractivity contribution in [2.45, 2.75) is 18.2 Å². The lowest BCUT2D eigenvalue weighted by Gasteiger charge is -2.24. The number of benzene rings is 2. The number of anilines is 1. The van der Waals surface area contributed by atoms with Crippen LogP contribution in [0.1, 0.15) is 13.3 Å². The van der Waals surface area contributed by atoms with Crippen molar-refractivity contribution >= 4 is 21.7 Å². The van der Waals surface area contributed by atoms with E-state index in [1.54, 1.807) is 49.4 Å². The number of hydrogen-bond acceptors (Lipinski definition) is 5. The smallest absolute Gasteiger partial charge is 0.307 e. The second kappa shape index (κ2) is 8.53. The molecule has 0 heterocycles. The predicted octanol–water partition coefficient (Wildman–Crippen LogP) is 2.84. The van der Waals surface area contributed by atoms with Crippen molar-refractivity contribution in [3.63, 3.8) is 0 Å². The normalized spacial score (nSPS) is 11.0. The lowest BCUT2D eigenvalue weighted by atomic mass is 10.3. The van der Waals surface area contributed by atoms with Crippen molar-refractivity contribution < 1.29 is 22.7 Å². The van der Waals surface area contributed by atoms with E-state index in [1.165, 1.54) is 23.5 Å². The number of methoxy groups -OCH3 is 1. The molecule has 134 valence electrons. The molecule has 2 aromatic rings. The summed E-state index contributed by atoms with van der Waals surface area (Å²) in [6.45, 7) is 1.97. The maximum Gasteiger partial charge on any atom is 0.307 e. The van der Waals surface area contributed by atoms with Crippen LogP contribution in [0.2, 0.25) is 0 Å². The average Bonchev–Trinajstić information content (AvgIpc) is 2.63. The molecule has 6 nitrogen and oxygen atoms in total. The van der Waals surface area contributed by atoms with E-state index in [0.717, 1.165) is 0 Å². The number of rotatable bonds is 8. The molecule has 0 fully saturated rings. The Labute approximate surface area is 148 Å². The standard InChI is InChI=1S/C18H21NO5S/c1-3-24-18(20)13-14-19(15-7-5-4-6-8-15)25(21,22)17-11-9-16(23-2)10-12-17/h4-12H,3,13-14H2,1-2H3. The van der Waals surface area contributed by atoms with Gasteiger partial charge >= 0.3 is 5.97 Å². The zero-order chi connectivity index (χ0) is 18.3. The van der Waals surface area contributed by atoms with Crippen LogP contribution in [0.3, 0.4) is 0 Å². The van der Waals surface area contributed by atoms with Gasteiger partial charge in [-0.2, -0.15) is 0 Å². The van der Waals surface area contributed by atoms with Crippen LogP contribution in [0, 0.1) is 0 Å². The lowest BCUT2D eigenvalue weighted by molar-refractivity contribution is -0.142. The minimum Gasteiger partial charge on any atom is -0.497 e. The van der Waals surface area contributed by atoms with Crippen LogP contribution in [-0.4, -0.2) is 34.6 Å². The van der Waals surface area contributed by atoms with Gasteiger partial charge in [0, 0.05) is 6.54 Å². The minimum absolute atomic E-state index is 0.00277. The van der Waals surface area contributed by atoms with E-state index in [9.17, 15) is 13.2 Å². The molecule has 0 aliphatic rings. The van der Waals surface area contributed by atoms with Gasteiger partial charge in [-0.1, -0.05) is 18.2 Å². The Morgan fingerprint density at radius 1 is 1.04 bits per heavy atom. The van der Waals surface area contributed by atoms with Crippen LogP contribution >= 0.6 is 0 Å². The lowest BCUT2D eigenvalue weighted by Crippen LogP contribution is -2.33. The summed E-state index contributed by atoms with van der Waals surface area (Å²) in [4.78, 5) is 11.8. The Morgan fingerprint density at radius 2 is 1.68 bits per heavy atom. The second-order valence-corrected chi connectivity index (χ2v) is 7.01. The number of ether oxygens (including phenoxy) is 2. The van der Waals surface area contributed by atoms with Crippen molar-refractivity contribution in [1.29, 1.82) is 0 Å². The topological polar surface area (TPSA) is 72.9 Å². The molecule has 0 aliphatic heterocycles. The van der Waals surface area contributed by atoms with Crippen LogP contribution < -0.4 is 9.04 Å². The molecule has 0 aromatic heterocycles. The third-order valence-electron chi connectivity index (χ3n) is 3.52. The Hall–Kier alpha value is -2.54. The van der Waals surface area contributed by atoms with Gasteiger partial charge in [0.25, 0.3) is 10.0 Å². The van der Waals surface area contributed by atoms with Crippen molar-refractivity contribution in [2.75, 3.05) is 24.6 Å². The minimum atomic E-state index is -3.82. The zero-order valence-corrected chi connectivity index (χ0v) is 15.0. The van der Waals surface area contributed by atoms with Gasteiger partial charge in [0.05, 0.1) is 30.7 Å². The molecule has 0 saturated carbocycles. The molecule has 7 heteroatoms. The molecule has 2 aromatic carbocycles. The number of sulfonamides is 1. The van der Waals surface area contributed by atoms with Crippen molar-refractivity contribution in [2.24, 2.45) is 0 Å². The van der Waals surface area contributed by atoms with E-state index in [4.69, 9.17) is 9.47 Å². The third kappa shape index (κ3) is 4.73. The maximum atomic E-state index is 13.0. The van der Waals surface area contributed by atoms with Crippen molar-refractivity contribution in [3.8, 4) is 5.75 Å². The summed E-state index contributed by atoms with van der Waals surface area (Å²) in [5.74, 6) is 0.130. The largest absolute Gasteiger partial charge is 0.497 e. The quantitative estimate of drug-likeness (QED) is 0.674. The first-order chi connectivity index (χ1) is 12.0. The van der Waals surface area contributed by atoms with E-state index in [1.807, 2.05) is 0 Å². The first-order valence-electron chi connectivity index (χ1n) is 7.86. The number of nitrogens with zero attached hydrogens (tertiary/aromatic N) is 1. The highest BCUT2D eigenvalue weighted by molar-refractivity contribution is 7.92. The average molecular weight is 363 g/mol. The Bertz CT molecular complexity index is 788. The second-order valence-electron chi connectivity index (χ2n) is 5.14. The molecule has 0 N–H and O–H groups in total. The Balaban J connectivity index is 2.33. The monoisotopic (exact) mass is 363 g/mol. The van der Waals surface area contributed by atoms with Gasteiger partial charge in [0.1, 0.15) is 5.75 Å². The van der Waals surface area contributed by atoms with Gasteiger partial charge in [0.15, 0.2) is 0 Å². The van der Waals surface area contributed by atoms with Gasteiger partial charge in [-0.25, -0.2) is 8.42 Å². The summed E-state index contributed by atoms with van der Waals surface area (Å²) in [6.07, 6.45) is -0.0296. The van der Waals surface area contributed by atoms with Gasteiger partial charge in [-0.3, -0.25) is 9.10 Å². The molecule has 25 heavy (non-hydrogen) atoms. The van der Waals surface area contributed by atoms with E-state index in [0.29, 0.717) is 11.4 Å². The first kappa shape index (κ1) is 18.8. The summed E-state index contributed by atoms with van der Waals surface area (Å²) in [7, 11) is -2.31. The summed E-state index contributed by atoms with van der Waals surface area (Å²) in [5, 5.41) is 0. The molecular weight excluding hydrogens is 342 g/mol. The van der Waals surface area contributed by atoms with Crippen LogP contribution in [0.25, 0.3) is 0 Å². The number of hydrogen-bond donors (Lipinski definition) is 0. The van der Waals surface area contributed by atoms with Gasteiger partial charge in [0.2, 0.25) is 0 Å². The highest BCUT2D eigenvalue weighted by atomic mass is 32.2. The Kier molecular flexibility index (Phi) is 6.41.